The molecule has 9 heteroatoms. The zero-order valence-electron chi connectivity index (χ0n) is 28.6. The number of nitrogens with one attached hydrogen (secondary N) is 1. The minimum Gasteiger partial charge on any atom is -0.493 e. The number of methoxy groups -OCH3 is 1. The summed E-state index contributed by atoms with van der Waals surface area (Å²) in [5, 5.41) is 15.6. The second-order valence-corrected chi connectivity index (χ2v) is 14.9. The lowest BCUT2D eigenvalue weighted by molar-refractivity contribution is -0.0186. The van der Waals surface area contributed by atoms with Crippen molar-refractivity contribution < 1.29 is 28.5 Å². The number of aliphatic hydroxyl groups is 1. The van der Waals surface area contributed by atoms with Crippen molar-refractivity contribution in [1.82, 2.24) is 15.1 Å². The van der Waals surface area contributed by atoms with E-state index < -0.39 is 23.2 Å². The largest absolute Gasteiger partial charge is 0.493 e. The van der Waals surface area contributed by atoms with Gasteiger partial charge in [-0.3, -0.25) is 9.80 Å². The molecule has 5 rings (SSSR count). The molecule has 0 unspecified atom stereocenters. The van der Waals surface area contributed by atoms with Gasteiger partial charge in [0.1, 0.15) is 18.0 Å². The monoisotopic (exact) mass is 639 g/mol. The first kappa shape index (κ1) is 34.5. The molecule has 2 aliphatic heterocycles. The lowest BCUT2D eigenvalue weighted by Gasteiger charge is -2.39. The number of rotatable bonds is 9. The Morgan fingerprint density at radius 3 is 2.46 bits per heavy atom. The molecule has 2 saturated heterocycles. The smallest absolute Gasteiger partial charge is 0.411 e. The number of carbonyl (C=O) groups excluding carboxylic acids is 1. The molecule has 2 heterocycles. The molecule has 2 aromatic rings. The van der Waals surface area contributed by atoms with Crippen LogP contribution in [0.3, 0.4) is 0 Å². The van der Waals surface area contributed by atoms with Gasteiger partial charge in [-0.25, -0.2) is 9.18 Å². The number of ether oxygens (including phenoxy) is 3. The second-order valence-electron chi connectivity index (χ2n) is 14.9. The summed E-state index contributed by atoms with van der Waals surface area (Å²) in [6.45, 7) is 14.3. The predicted molar refractivity (Wildman–Crippen MR) is 178 cm³/mol. The summed E-state index contributed by atoms with van der Waals surface area (Å²) in [7, 11) is 1.66. The minimum atomic E-state index is -0.710. The van der Waals surface area contributed by atoms with Crippen LogP contribution >= 0.6 is 0 Å². The number of amides is 1. The van der Waals surface area contributed by atoms with Gasteiger partial charge in [-0.15, -0.1) is 0 Å². The molecule has 1 saturated carbocycles. The predicted octanol–water partition coefficient (Wildman–Crippen LogP) is 6.71. The summed E-state index contributed by atoms with van der Waals surface area (Å²) < 4.78 is 31.5. The maximum atomic E-state index is 13.9. The van der Waals surface area contributed by atoms with Gasteiger partial charge in [-0.05, 0) is 114 Å². The Morgan fingerprint density at radius 2 is 1.78 bits per heavy atom. The Kier molecular flexibility index (Phi) is 10.8. The Bertz CT molecular complexity index is 1310. The van der Waals surface area contributed by atoms with E-state index in [0.717, 1.165) is 61.7 Å². The van der Waals surface area contributed by atoms with Crippen LogP contribution in [0.5, 0.6) is 11.5 Å². The number of carbonyl (C=O) groups is 1. The molecule has 8 nitrogen and oxygen atoms in total. The number of aliphatic hydroxyl groups excluding tert-OH is 1. The number of fused-ring (bicyclic) bond motifs is 1. The van der Waals surface area contributed by atoms with E-state index in [1.54, 1.807) is 19.2 Å². The number of hydrogen-bond acceptors (Lipinski definition) is 7. The SMILES string of the molecule is COc1cc(CN[C@H]2CCC[C@H]3N(C(=O)OC(C)(C)C)[C@@H](c4ccc(F)cc4)C[C@@]3(C)[C@@H]2O)ccc1OCCN1CCC(C)CC1. The zero-order chi connectivity index (χ0) is 33.1. The first-order chi connectivity index (χ1) is 21.9. The van der Waals surface area contributed by atoms with Crippen LogP contribution in [0.1, 0.15) is 90.3 Å². The molecule has 0 spiro atoms. The first-order valence-electron chi connectivity index (χ1n) is 17.1. The summed E-state index contributed by atoms with van der Waals surface area (Å²) in [4.78, 5) is 18.0. The lowest BCUT2D eigenvalue weighted by Crippen LogP contribution is -2.52. The van der Waals surface area contributed by atoms with E-state index in [4.69, 9.17) is 14.2 Å². The third-order valence-corrected chi connectivity index (χ3v) is 10.3. The van der Waals surface area contributed by atoms with Crippen molar-refractivity contribution in [3.8, 4) is 11.5 Å². The molecule has 3 fully saturated rings. The van der Waals surface area contributed by atoms with E-state index in [1.807, 2.05) is 43.9 Å². The molecule has 5 atom stereocenters. The molecule has 0 radical (unpaired) electrons. The van der Waals surface area contributed by atoms with Crippen molar-refractivity contribution in [2.75, 3.05) is 33.4 Å². The molecule has 46 heavy (non-hydrogen) atoms. The molecule has 2 aromatic carbocycles. The minimum absolute atomic E-state index is 0.170. The van der Waals surface area contributed by atoms with Gasteiger partial charge in [0.2, 0.25) is 0 Å². The van der Waals surface area contributed by atoms with Crippen LogP contribution < -0.4 is 14.8 Å². The Balaban J connectivity index is 1.26. The number of benzene rings is 2. The van der Waals surface area contributed by atoms with E-state index in [0.29, 0.717) is 25.3 Å². The quantitative estimate of drug-likeness (QED) is 0.316. The normalized spacial score (nSPS) is 27.6. The van der Waals surface area contributed by atoms with Crippen LogP contribution in [0.25, 0.3) is 0 Å². The Labute approximate surface area is 274 Å². The number of halogens is 1. The van der Waals surface area contributed by atoms with E-state index in [2.05, 4.69) is 24.1 Å². The number of likely N-dealkylation sites (tertiary alicyclic amines) is 2. The number of piperidine rings is 1. The second kappa shape index (κ2) is 14.5. The van der Waals surface area contributed by atoms with Crippen molar-refractivity contribution in [2.45, 2.75) is 110 Å². The highest BCUT2D eigenvalue weighted by Crippen LogP contribution is 2.54. The number of hydrogen-bond donors (Lipinski definition) is 2. The maximum Gasteiger partial charge on any atom is 0.411 e. The summed E-state index contributed by atoms with van der Waals surface area (Å²) >= 11 is 0. The molecule has 3 aliphatic rings. The van der Waals surface area contributed by atoms with E-state index in [-0.39, 0.29) is 23.9 Å². The molecule has 0 aromatic heterocycles. The molecular weight excluding hydrogens is 585 g/mol. The van der Waals surface area contributed by atoms with Gasteiger partial charge in [0.25, 0.3) is 0 Å². The van der Waals surface area contributed by atoms with Crippen molar-refractivity contribution in [3.63, 3.8) is 0 Å². The fourth-order valence-corrected chi connectivity index (χ4v) is 7.63. The van der Waals surface area contributed by atoms with Crippen molar-refractivity contribution in [2.24, 2.45) is 11.3 Å². The van der Waals surface area contributed by atoms with E-state index in [1.165, 1.54) is 25.0 Å². The molecule has 2 N–H and O–H groups in total. The highest BCUT2D eigenvalue weighted by molar-refractivity contribution is 5.70. The van der Waals surface area contributed by atoms with Gasteiger partial charge in [-0.1, -0.05) is 32.0 Å². The topological polar surface area (TPSA) is 83.5 Å². The van der Waals surface area contributed by atoms with Gasteiger partial charge < -0.3 is 24.6 Å². The third-order valence-electron chi connectivity index (χ3n) is 10.3. The van der Waals surface area contributed by atoms with Crippen molar-refractivity contribution in [3.05, 3.63) is 59.4 Å². The molecule has 1 amide bonds. The van der Waals surface area contributed by atoms with Crippen LogP contribution in [0.2, 0.25) is 0 Å². The van der Waals surface area contributed by atoms with E-state index >= 15 is 0 Å². The molecular formula is C37H54FN3O5. The van der Waals surface area contributed by atoms with Gasteiger partial charge >= 0.3 is 6.09 Å². The standard InChI is InChI=1S/C37H54FN3O5/c1-25-16-18-40(19-17-25)20-21-45-31-15-10-26(22-32(31)44-6)24-39-29-8-7-9-33-37(5,34(29)42)23-30(27-11-13-28(38)14-12-27)41(33)35(43)46-36(2,3)4/h10-15,22,25,29-30,33-34,39,42H,7-9,16-21,23-24H2,1-6H3/t29-,30+,33+,34+,37+/m0/s1. The third kappa shape index (κ3) is 7.97. The van der Waals surface area contributed by atoms with Crippen molar-refractivity contribution in [1.29, 1.82) is 0 Å². The van der Waals surface area contributed by atoms with Gasteiger partial charge in [0.15, 0.2) is 11.5 Å². The number of nitrogens with zero attached hydrogens (tertiary/aromatic N) is 2. The molecule has 1 aliphatic carbocycles. The summed E-state index contributed by atoms with van der Waals surface area (Å²) in [5.74, 6) is 1.93. The maximum absolute atomic E-state index is 13.9. The fraction of sp³-hybridized carbons (Fsp3) is 0.649. The average molecular weight is 640 g/mol. The zero-order valence-corrected chi connectivity index (χ0v) is 28.6. The summed E-state index contributed by atoms with van der Waals surface area (Å²) in [5.41, 5.74) is 0.632. The van der Waals surface area contributed by atoms with Gasteiger partial charge in [0.05, 0.1) is 19.3 Å². The molecule has 0 bridgehead atoms. The van der Waals surface area contributed by atoms with Gasteiger partial charge in [0, 0.05) is 30.6 Å². The van der Waals surface area contributed by atoms with Crippen LogP contribution in [-0.4, -0.2) is 78.1 Å². The van der Waals surface area contributed by atoms with Crippen LogP contribution in [0, 0.1) is 17.2 Å². The summed E-state index contributed by atoms with van der Waals surface area (Å²) in [6.07, 6.45) is 4.32. The fourth-order valence-electron chi connectivity index (χ4n) is 7.63. The highest BCUT2D eigenvalue weighted by Gasteiger charge is 2.57. The lowest BCUT2D eigenvalue weighted by atomic mass is 9.74. The van der Waals surface area contributed by atoms with Crippen molar-refractivity contribution >= 4 is 6.09 Å². The molecule has 254 valence electrons. The van der Waals surface area contributed by atoms with Gasteiger partial charge in [-0.2, -0.15) is 0 Å². The van der Waals surface area contributed by atoms with Crippen LogP contribution in [0.4, 0.5) is 9.18 Å². The first-order valence-corrected chi connectivity index (χ1v) is 17.1. The summed E-state index contributed by atoms with van der Waals surface area (Å²) in [6, 6.07) is 11.6. The van der Waals surface area contributed by atoms with Crippen LogP contribution in [0.15, 0.2) is 42.5 Å². The highest BCUT2D eigenvalue weighted by atomic mass is 19.1. The Morgan fingerprint density at radius 1 is 1.07 bits per heavy atom. The van der Waals surface area contributed by atoms with E-state index in [9.17, 15) is 14.3 Å². The van der Waals surface area contributed by atoms with Crippen LogP contribution in [-0.2, 0) is 11.3 Å². The Hall–Kier alpha value is -2.88. The average Bonchev–Trinajstić information content (AvgIpc) is 3.26.